The minimum absolute atomic E-state index is 0.0959. The lowest BCUT2D eigenvalue weighted by Gasteiger charge is -2.28. The molecule has 0 saturated carbocycles. The molecule has 2 N–H and O–H groups in total. The fourth-order valence-corrected chi connectivity index (χ4v) is 5.00. The van der Waals surface area contributed by atoms with Gasteiger partial charge in [0.15, 0.2) is 11.5 Å². The summed E-state index contributed by atoms with van der Waals surface area (Å²) in [6.45, 7) is 5.18. The van der Waals surface area contributed by atoms with Crippen molar-refractivity contribution in [1.29, 1.82) is 0 Å². The van der Waals surface area contributed by atoms with Gasteiger partial charge in [0, 0.05) is 49.5 Å². The summed E-state index contributed by atoms with van der Waals surface area (Å²) in [6.07, 6.45) is 2.64. The van der Waals surface area contributed by atoms with Crippen LogP contribution in [0.3, 0.4) is 0 Å². The van der Waals surface area contributed by atoms with Gasteiger partial charge in [-0.1, -0.05) is 42.5 Å². The third kappa shape index (κ3) is 7.41. The van der Waals surface area contributed by atoms with Gasteiger partial charge in [-0.2, -0.15) is 0 Å². The highest BCUT2D eigenvalue weighted by Crippen LogP contribution is 2.28. The second kappa shape index (κ2) is 14.4. The van der Waals surface area contributed by atoms with Gasteiger partial charge in [-0.3, -0.25) is 4.79 Å². The Hall–Kier alpha value is -4.50. The molecule has 0 aliphatic carbocycles. The minimum atomic E-state index is -0.347. The third-order valence-corrected chi connectivity index (χ3v) is 7.39. The van der Waals surface area contributed by atoms with Crippen molar-refractivity contribution in [3.05, 3.63) is 89.1 Å². The maximum atomic E-state index is 13.9. The van der Waals surface area contributed by atoms with Gasteiger partial charge in [0.2, 0.25) is 5.91 Å². The van der Waals surface area contributed by atoms with Crippen molar-refractivity contribution in [2.24, 2.45) is 0 Å². The van der Waals surface area contributed by atoms with Crippen LogP contribution in [0.5, 0.6) is 11.5 Å². The average molecular weight is 573 g/mol. The molecule has 222 valence electrons. The van der Waals surface area contributed by atoms with Gasteiger partial charge in [0.25, 0.3) is 0 Å². The maximum Gasteiger partial charge on any atom is 0.322 e. The molecule has 0 atom stereocenters. The molecule has 4 aromatic rings. The number of fused-ring (bicyclic) bond motifs is 1. The highest BCUT2D eigenvalue weighted by molar-refractivity contribution is 5.93. The van der Waals surface area contributed by atoms with Crippen LogP contribution < -0.4 is 14.8 Å². The number of carbonyl (C=O) groups excluding carboxylic acids is 2. The highest BCUT2D eigenvalue weighted by atomic mass is 16.5. The molecule has 3 aromatic carbocycles. The Bertz CT molecular complexity index is 1500. The number of nitrogens with zero attached hydrogens (tertiary/aromatic N) is 2. The van der Waals surface area contributed by atoms with E-state index >= 15 is 0 Å². The second-order valence-corrected chi connectivity index (χ2v) is 10.2. The standard InChI is InChI=1S/C33H40N4O5/c1-23-9-8-10-24(2)32(23)35-33(39)37(17-18-40-3)22-31(38)36(21-25-13-14-29(41-4)30(19-25)42-5)16-15-26-20-34-28-12-7-6-11-27(26)28/h6-14,19-20,34H,15-18,21-22H2,1-5H3,(H,35,39). The first-order valence-electron chi connectivity index (χ1n) is 14.0. The Morgan fingerprint density at radius 2 is 1.60 bits per heavy atom. The number of benzene rings is 3. The number of amides is 3. The van der Waals surface area contributed by atoms with Crippen molar-refractivity contribution in [3.63, 3.8) is 0 Å². The van der Waals surface area contributed by atoms with E-state index in [0.29, 0.717) is 37.6 Å². The van der Waals surface area contributed by atoms with Crippen LogP contribution in [0.1, 0.15) is 22.3 Å². The van der Waals surface area contributed by atoms with E-state index in [4.69, 9.17) is 14.2 Å². The lowest BCUT2D eigenvalue weighted by molar-refractivity contribution is -0.132. The van der Waals surface area contributed by atoms with E-state index in [1.807, 2.05) is 74.6 Å². The smallest absolute Gasteiger partial charge is 0.322 e. The van der Waals surface area contributed by atoms with Crippen molar-refractivity contribution >= 4 is 28.5 Å². The number of nitrogens with one attached hydrogen (secondary N) is 2. The van der Waals surface area contributed by atoms with Crippen LogP contribution in [0.4, 0.5) is 10.5 Å². The fourth-order valence-electron chi connectivity index (χ4n) is 5.00. The van der Waals surface area contributed by atoms with Crippen LogP contribution in [0.25, 0.3) is 10.9 Å². The molecular formula is C33H40N4O5. The highest BCUT2D eigenvalue weighted by Gasteiger charge is 2.23. The number of aromatic amines is 1. The molecule has 0 aliphatic heterocycles. The minimum Gasteiger partial charge on any atom is -0.493 e. The Labute approximate surface area is 247 Å². The Kier molecular flexibility index (Phi) is 10.4. The van der Waals surface area contributed by atoms with Gasteiger partial charge in [0.1, 0.15) is 6.54 Å². The summed E-state index contributed by atoms with van der Waals surface area (Å²) >= 11 is 0. The lowest BCUT2D eigenvalue weighted by atomic mass is 10.1. The predicted octanol–water partition coefficient (Wildman–Crippen LogP) is 5.55. The van der Waals surface area contributed by atoms with E-state index in [9.17, 15) is 9.59 Å². The summed E-state index contributed by atoms with van der Waals surface area (Å²) < 4.78 is 16.2. The van der Waals surface area contributed by atoms with E-state index in [0.717, 1.165) is 38.8 Å². The van der Waals surface area contributed by atoms with Gasteiger partial charge in [-0.15, -0.1) is 0 Å². The molecule has 0 aliphatic rings. The van der Waals surface area contributed by atoms with Crippen LogP contribution in [0.15, 0.2) is 66.9 Å². The van der Waals surface area contributed by atoms with Gasteiger partial charge < -0.3 is 34.3 Å². The molecule has 1 heterocycles. The number of ether oxygens (including phenoxy) is 3. The third-order valence-electron chi connectivity index (χ3n) is 7.39. The summed E-state index contributed by atoms with van der Waals surface area (Å²) in [5, 5.41) is 4.14. The Morgan fingerprint density at radius 3 is 2.31 bits per heavy atom. The van der Waals surface area contributed by atoms with Crippen molar-refractivity contribution in [1.82, 2.24) is 14.8 Å². The molecule has 9 nitrogen and oxygen atoms in total. The number of aryl methyl sites for hydroxylation is 2. The molecule has 0 radical (unpaired) electrons. The van der Waals surface area contributed by atoms with Crippen molar-refractivity contribution < 1.29 is 23.8 Å². The number of para-hydroxylation sites is 2. The quantitative estimate of drug-likeness (QED) is 0.219. The first kappa shape index (κ1) is 30.5. The summed E-state index contributed by atoms with van der Waals surface area (Å²) in [6, 6.07) is 19.2. The van der Waals surface area contributed by atoms with E-state index in [1.54, 1.807) is 26.2 Å². The van der Waals surface area contributed by atoms with Crippen LogP contribution in [-0.2, 0) is 22.5 Å². The first-order chi connectivity index (χ1) is 20.3. The molecule has 0 unspecified atom stereocenters. The van der Waals surface area contributed by atoms with E-state index in [-0.39, 0.29) is 25.0 Å². The van der Waals surface area contributed by atoms with E-state index in [2.05, 4.69) is 16.4 Å². The average Bonchev–Trinajstić information content (AvgIpc) is 3.41. The number of urea groups is 1. The molecule has 0 bridgehead atoms. The first-order valence-corrected chi connectivity index (χ1v) is 14.0. The van der Waals surface area contributed by atoms with Crippen LogP contribution >= 0.6 is 0 Å². The normalized spacial score (nSPS) is 10.9. The number of rotatable bonds is 13. The van der Waals surface area contributed by atoms with Crippen molar-refractivity contribution in [2.45, 2.75) is 26.8 Å². The Morgan fingerprint density at radius 1 is 0.857 bits per heavy atom. The molecule has 9 heteroatoms. The van der Waals surface area contributed by atoms with Crippen molar-refractivity contribution in [3.8, 4) is 11.5 Å². The number of H-pyrrole nitrogens is 1. The zero-order valence-electron chi connectivity index (χ0n) is 25.0. The Balaban J connectivity index is 1.57. The van der Waals surface area contributed by atoms with Crippen LogP contribution in [0, 0.1) is 13.8 Å². The molecule has 3 amide bonds. The zero-order chi connectivity index (χ0) is 30.1. The summed E-state index contributed by atoms with van der Waals surface area (Å²) in [5.74, 6) is 1.04. The van der Waals surface area contributed by atoms with Gasteiger partial charge in [-0.05, 0) is 60.7 Å². The van der Waals surface area contributed by atoms with Gasteiger partial charge >= 0.3 is 6.03 Å². The number of carbonyl (C=O) groups is 2. The van der Waals surface area contributed by atoms with Gasteiger partial charge in [-0.25, -0.2) is 4.79 Å². The van der Waals surface area contributed by atoms with E-state index < -0.39 is 0 Å². The molecule has 0 fully saturated rings. The number of anilines is 1. The second-order valence-electron chi connectivity index (χ2n) is 10.2. The number of aromatic nitrogens is 1. The molecular weight excluding hydrogens is 532 g/mol. The topological polar surface area (TPSA) is 96.1 Å². The predicted molar refractivity (Wildman–Crippen MR) is 165 cm³/mol. The fraction of sp³-hybridized carbons (Fsp3) is 0.333. The molecule has 1 aromatic heterocycles. The van der Waals surface area contributed by atoms with Gasteiger partial charge in [0.05, 0.1) is 20.8 Å². The van der Waals surface area contributed by atoms with E-state index in [1.165, 1.54) is 4.90 Å². The summed E-state index contributed by atoms with van der Waals surface area (Å²) in [5.41, 5.74) is 5.73. The van der Waals surface area contributed by atoms with Crippen LogP contribution in [0.2, 0.25) is 0 Å². The SMILES string of the molecule is COCCN(CC(=O)N(CCc1c[nH]c2ccccc12)Cc1ccc(OC)c(OC)c1)C(=O)Nc1c(C)cccc1C. The number of hydrogen-bond donors (Lipinski definition) is 2. The van der Waals surface area contributed by atoms with Crippen molar-refractivity contribution in [2.75, 3.05) is 52.9 Å². The van der Waals surface area contributed by atoms with Crippen LogP contribution in [-0.4, -0.2) is 74.3 Å². The molecule has 42 heavy (non-hydrogen) atoms. The molecule has 0 spiro atoms. The zero-order valence-corrected chi connectivity index (χ0v) is 25.0. The largest absolute Gasteiger partial charge is 0.493 e. The summed E-state index contributed by atoms with van der Waals surface area (Å²) in [4.78, 5) is 34.0. The number of hydrogen-bond acceptors (Lipinski definition) is 5. The lowest BCUT2D eigenvalue weighted by Crippen LogP contribution is -2.46. The monoisotopic (exact) mass is 572 g/mol. The number of methoxy groups -OCH3 is 3. The maximum absolute atomic E-state index is 13.9. The molecule has 4 rings (SSSR count). The molecule has 0 saturated heterocycles. The summed E-state index contributed by atoms with van der Waals surface area (Å²) in [7, 11) is 4.75.